The molecule has 1 saturated heterocycles. The largest absolute Gasteiger partial charge is 0.481 e. The highest BCUT2D eigenvalue weighted by Crippen LogP contribution is 2.45. The summed E-state index contributed by atoms with van der Waals surface area (Å²) >= 11 is 0. The molecule has 0 unspecified atom stereocenters. The molecule has 2 aliphatic rings. The maximum atomic E-state index is 15.7. The summed E-state index contributed by atoms with van der Waals surface area (Å²) in [7, 11) is 0. The lowest BCUT2D eigenvalue weighted by molar-refractivity contribution is -0.137. The van der Waals surface area contributed by atoms with E-state index < -0.39 is 47.9 Å². The number of aromatic nitrogens is 1. The summed E-state index contributed by atoms with van der Waals surface area (Å²) in [6.45, 7) is 12.0. The van der Waals surface area contributed by atoms with E-state index in [2.05, 4.69) is 20.5 Å². The molecule has 2 amide bonds. The second-order valence-corrected chi connectivity index (χ2v) is 14.6. The topological polar surface area (TPSA) is 112 Å². The average molecular weight is 675 g/mol. The van der Waals surface area contributed by atoms with E-state index in [1.807, 2.05) is 19.9 Å². The van der Waals surface area contributed by atoms with Crippen molar-refractivity contribution in [2.75, 3.05) is 19.6 Å². The quantitative estimate of drug-likeness (QED) is 0.183. The number of halogens is 2. The van der Waals surface area contributed by atoms with Crippen LogP contribution >= 0.6 is 0 Å². The fourth-order valence-corrected chi connectivity index (χ4v) is 7.70. The highest BCUT2D eigenvalue weighted by atomic mass is 19.1. The number of rotatable bonds is 13. The number of aliphatic carboxylic acids is 1. The van der Waals surface area contributed by atoms with Gasteiger partial charge in [-0.25, -0.2) is 13.8 Å². The van der Waals surface area contributed by atoms with E-state index in [1.54, 1.807) is 39.0 Å². The molecule has 2 fully saturated rings. The van der Waals surface area contributed by atoms with E-state index in [0.29, 0.717) is 34.1 Å². The number of hydrogen-bond acceptors (Lipinski definition) is 5. The third kappa shape index (κ3) is 8.71. The van der Waals surface area contributed by atoms with E-state index in [1.165, 1.54) is 43.9 Å². The molecule has 5 rings (SSSR count). The van der Waals surface area contributed by atoms with Crippen molar-refractivity contribution in [3.63, 3.8) is 0 Å². The van der Waals surface area contributed by atoms with Crippen LogP contribution in [0.4, 0.5) is 8.78 Å². The zero-order chi connectivity index (χ0) is 35.5. The molecule has 3 N–H and O–H groups in total. The number of carbonyl (C=O) groups is 3. The second kappa shape index (κ2) is 15.2. The molecular weight excluding hydrogens is 626 g/mol. The van der Waals surface area contributed by atoms with Gasteiger partial charge in [-0.3, -0.25) is 14.4 Å². The van der Waals surface area contributed by atoms with Crippen LogP contribution in [0.3, 0.4) is 0 Å². The van der Waals surface area contributed by atoms with Crippen molar-refractivity contribution >= 4 is 17.8 Å². The first-order valence-corrected chi connectivity index (χ1v) is 17.3. The SMILES string of the molecule is Cc1cc(-c2c(C)cc(F)cc2C)cc([C@H](CC(=O)O)NC(=O)[C@H](CC(C)C)NC(=O)c2cccc(CCN3CC4(CCCC4)C3)n2)c1F. The van der Waals surface area contributed by atoms with Crippen LogP contribution in [-0.2, 0) is 16.0 Å². The van der Waals surface area contributed by atoms with Crippen molar-refractivity contribution in [1.29, 1.82) is 0 Å². The Labute approximate surface area is 287 Å². The number of carboxylic acids is 1. The Kier molecular flexibility index (Phi) is 11.2. The fraction of sp³-hybridized carbons (Fsp3) is 0.487. The highest BCUT2D eigenvalue weighted by Gasteiger charge is 2.44. The Morgan fingerprint density at radius 3 is 2.27 bits per heavy atom. The molecule has 3 aromatic rings. The molecule has 2 aromatic carbocycles. The van der Waals surface area contributed by atoms with Crippen LogP contribution in [0.2, 0.25) is 0 Å². The molecule has 49 heavy (non-hydrogen) atoms. The van der Waals surface area contributed by atoms with Crippen LogP contribution < -0.4 is 10.6 Å². The van der Waals surface area contributed by atoms with Gasteiger partial charge in [-0.2, -0.15) is 0 Å². The Bertz CT molecular complexity index is 1690. The Hall–Kier alpha value is -4.18. The van der Waals surface area contributed by atoms with Crippen molar-refractivity contribution in [1.82, 2.24) is 20.5 Å². The van der Waals surface area contributed by atoms with Crippen LogP contribution in [0.15, 0.2) is 42.5 Å². The number of likely N-dealkylation sites (tertiary alicyclic amines) is 1. The van der Waals surface area contributed by atoms with Crippen LogP contribution in [0.1, 0.15) is 96.9 Å². The third-order valence-corrected chi connectivity index (χ3v) is 9.97. The van der Waals surface area contributed by atoms with Crippen molar-refractivity contribution in [2.24, 2.45) is 11.3 Å². The van der Waals surface area contributed by atoms with Gasteiger partial charge in [0.25, 0.3) is 5.91 Å². The van der Waals surface area contributed by atoms with Crippen LogP contribution in [-0.4, -0.2) is 58.5 Å². The van der Waals surface area contributed by atoms with Gasteiger partial charge in [0.1, 0.15) is 23.4 Å². The van der Waals surface area contributed by atoms with E-state index in [0.717, 1.165) is 25.3 Å². The molecule has 2 heterocycles. The van der Waals surface area contributed by atoms with Gasteiger partial charge in [-0.15, -0.1) is 0 Å². The number of hydrogen-bond donors (Lipinski definition) is 3. The lowest BCUT2D eigenvalue weighted by Gasteiger charge is -2.48. The van der Waals surface area contributed by atoms with Crippen LogP contribution in [0, 0.1) is 43.7 Å². The number of nitrogens with zero attached hydrogens (tertiary/aromatic N) is 2. The molecule has 1 aliphatic carbocycles. The number of carboxylic acid groups (broad SMARTS) is 1. The van der Waals surface area contributed by atoms with Gasteiger partial charge in [-0.05, 0) is 116 Å². The lowest BCUT2D eigenvalue weighted by Crippen LogP contribution is -2.55. The second-order valence-electron chi connectivity index (χ2n) is 14.6. The Balaban J connectivity index is 1.32. The van der Waals surface area contributed by atoms with Gasteiger partial charge in [0.15, 0.2) is 0 Å². The molecule has 0 bridgehead atoms. The minimum atomic E-state index is -1.23. The predicted octanol–water partition coefficient (Wildman–Crippen LogP) is 6.85. The molecule has 1 aliphatic heterocycles. The van der Waals surface area contributed by atoms with Gasteiger partial charge in [-0.1, -0.05) is 32.8 Å². The van der Waals surface area contributed by atoms with Crippen LogP contribution in [0.5, 0.6) is 0 Å². The van der Waals surface area contributed by atoms with Gasteiger partial charge < -0.3 is 20.6 Å². The minimum absolute atomic E-state index is 0.000288. The fourth-order valence-electron chi connectivity index (χ4n) is 7.70. The first-order valence-electron chi connectivity index (χ1n) is 17.3. The average Bonchev–Trinajstić information content (AvgIpc) is 3.50. The highest BCUT2D eigenvalue weighted by molar-refractivity contribution is 5.96. The summed E-state index contributed by atoms with van der Waals surface area (Å²) in [5.41, 5.74) is 4.32. The molecular formula is C39H48F2N4O4. The maximum absolute atomic E-state index is 15.7. The van der Waals surface area contributed by atoms with Gasteiger partial charge in [0, 0.05) is 37.3 Å². The molecule has 2 atom stereocenters. The minimum Gasteiger partial charge on any atom is -0.481 e. The summed E-state index contributed by atoms with van der Waals surface area (Å²) in [5.74, 6) is -3.41. The number of carbonyl (C=O) groups excluding carboxylic acids is 2. The molecule has 8 nitrogen and oxygen atoms in total. The first-order chi connectivity index (χ1) is 23.2. The normalized spacial score (nSPS) is 16.7. The smallest absolute Gasteiger partial charge is 0.305 e. The number of amides is 2. The number of benzene rings is 2. The third-order valence-electron chi connectivity index (χ3n) is 9.97. The molecule has 1 aromatic heterocycles. The number of pyridine rings is 1. The van der Waals surface area contributed by atoms with Crippen LogP contribution in [0.25, 0.3) is 11.1 Å². The van der Waals surface area contributed by atoms with Crippen molar-refractivity contribution < 1.29 is 28.3 Å². The zero-order valence-electron chi connectivity index (χ0n) is 29.2. The zero-order valence-corrected chi connectivity index (χ0v) is 29.2. The summed E-state index contributed by atoms with van der Waals surface area (Å²) in [5, 5.41) is 15.3. The summed E-state index contributed by atoms with van der Waals surface area (Å²) < 4.78 is 29.8. The molecule has 262 valence electrons. The van der Waals surface area contributed by atoms with E-state index in [-0.39, 0.29) is 29.2 Å². The van der Waals surface area contributed by atoms with E-state index in [9.17, 15) is 23.9 Å². The number of nitrogens with one attached hydrogen (secondary N) is 2. The first kappa shape index (κ1) is 36.1. The van der Waals surface area contributed by atoms with E-state index >= 15 is 4.39 Å². The summed E-state index contributed by atoms with van der Waals surface area (Å²) in [4.78, 5) is 46.3. The molecule has 10 heteroatoms. The maximum Gasteiger partial charge on any atom is 0.305 e. The Morgan fingerprint density at radius 2 is 1.63 bits per heavy atom. The van der Waals surface area contributed by atoms with Crippen molar-refractivity contribution in [3.8, 4) is 11.1 Å². The lowest BCUT2D eigenvalue weighted by atomic mass is 9.78. The van der Waals surface area contributed by atoms with E-state index in [4.69, 9.17) is 0 Å². The van der Waals surface area contributed by atoms with Gasteiger partial charge in [0.2, 0.25) is 5.91 Å². The standard InChI is InChI=1S/C39H48F2N4O4/c1-23(2)15-33(44-37(48)31-10-8-9-29(42-31)11-14-45-21-39(22-45)12-6-7-13-39)38(49)43-32(20-34(46)47)30-19-27(16-26(5)36(30)41)35-24(3)17-28(40)18-25(35)4/h8-10,16-19,23,32-33H,6-7,11-15,20-22H2,1-5H3,(H,43,49)(H,44,48)(H,46,47)/t32-,33-/m0/s1. The van der Waals surface area contributed by atoms with Gasteiger partial charge in [0.05, 0.1) is 12.5 Å². The van der Waals surface area contributed by atoms with Gasteiger partial charge >= 0.3 is 5.97 Å². The molecule has 1 spiro atoms. The van der Waals surface area contributed by atoms with Crippen molar-refractivity contribution in [3.05, 3.63) is 87.7 Å². The molecule has 1 saturated carbocycles. The summed E-state index contributed by atoms with van der Waals surface area (Å²) in [6, 6.07) is 8.96. The Morgan fingerprint density at radius 1 is 0.959 bits per heavy atom. The monoisotopic (exact) mass is 674 g/mol. The molecule has 0 radical (unpaired) electrons. The predicted molar refractivity (Wildman–Crippen MR) is 185 cm³/mol. The number of aryl methyl sites for hydroxylation is 3. The summed E-state index contributed by atoms with van der Waals surface area (Å²) in [6.07, 6.45) is 5.67. The van der Waals surface area contributed by atoms with Crippen molar-refractivity contribution in [2.45, 2.75) is 91.6 Å².